The van der Waals surface area contributed by atoms with E-state index in [4.69, 9.17) is 4.74 Å². The minimum atomic E-state index is -0.532. The van der Waals surface area contributed by atoms with Crippen molar-refractivity contribution in [3.63, 3.8) is 0 Å². The van der Waals surface area contributed by atoms with E-state index in [1.165, 1.54) is 17.5 Å². The van der Waals surface area contributed by atoms with E-state index in [9.17, 15) is 9.90 Å². The number of aliphatic hydroxyl groups excluding tert-OH is 1. The van der Waals surface area contributed by atoms with Crippen LogP contribution in [0, 0.1) is 0 Å². The van der Waals surface area contributed by atoms with E-state index < -0.39 is 6.10 Å². The molecule has 0 aliphatic heterocycles. The van der Waals surface area contributed by atoms with Crippen LogP contribution in [0.15, 0.2) is 24.3 Å². The van der Waals surface area contributed by atoms with E-state index in [-0.39, 0.29) is 6.03 Å². The van der Waals surface area contributed by atoms with Crippen LogP contribution in [0.1, 0.15) is 36.3 Å². The Balaban J connectivity index is 1.71. The summed E-state index contributed by atoms with van der Waals surface area (Å²) in [5.41, 5.74) is 2.77. The van der Waals surface area contributed by atoms with Gasteiger partial charge in [-0.2, -0.15) is 0 Å². The molecule has 0 radical (unpaired) electrons. The highest BCUT2D eigenvalue weighted by Crippen LogP contribution is 2.30. The number of carbonyl (C=O) groups is 1. The van der Waals surface area contributed by atoms with E-state index in [0.29, 0.717) is 32.0 Å². The number of nitrogens with one attached hydrogen (secondary N) is 2. The number of amides is 2. The number of carbonyl (C=O) groups excluding carboxylic acids is 1. The normalized spacial score (nSPS) is 18.4. The highest BCUT2D eigenvalue weighted by molar-refractivity contribution is 5.73. The Kier molecular flexibility index (Phi) is 6.68. The van der Waals surface area contributed by atoms with Crippen molar-refractivity contribution in [1.29, 1.82) is 0 Å². The van der Waals surface area contributed by atoms with Crippen LogP contribution in [-0.4, -0.2) is 44.0 Å². The van der Waals surface area contributed by atoms with E-state index in [1.807, 2.05) is 0 Å². The predicted molar refractivity (Wildman–Crippen MR) is 86.0 cm³/mol. The number of fused-ring (bicyclic) bond motifs is 1. The summed E-state index contributed by atoms with van der Waals surface area (Å²) in [6.07, 6.45) is 3.39. The maximum absolute atomic E-state index is 11.8. The smallest absolute Gasteiger partial charge is 0.314 e. The fraction of sp³-hybridized carbons (Fsp3) is 0.588. The van der Waals surface area contributed by atoms with Gasteiger partial charge in [0.05, 0.1) is 12.7 Å². The minimum absolute atomic E-state index is 0.173. The third kappa shape index (κ3) is 5.00. The standard InChI is InChI=1S/C17H26N2O3/c1-22-12-15(20)9-10-18-17(21)19-11-14-7-4-6-13-5-2-3-8-16(13)14/h2-3,5,8,14-15,20H,4,6-7,9-12H2,1H3,(H2,18,19,21). The first-order chi connectivity index (χ1) is 10.7. The number of urea groups is 1. The second-order valence-electron chi connectivity index (χ2n) is 5.82. The monoisotopic (exact) mass is 306 g/mol. The molecule has 0 aromatic heterocycles. The lowest BCUT2D eigenvalue weighted by molar-refractivity contribution is 0.0598. The third-order valence-corrected chi connectivity index (χ3v) is 4.12. The first-order valence-electron chi connectivity index (χ1n) is 7.97. The van der Waals surface area contributed by atoms with Gasteiger partial charge in [0.25, 0.3) is 0 Å². The van der Waals surface area contributed by atoms with Gasteiger partial charge in [-0.25, -0.2) is 4.79 Å². The van der Waals surface area contributed by atoms with Crippen LogP contribution in [0.5, 0.6) is 0 Å². The van der Waals surface area contributed by atoms with Crippen molar-refractivity contribution in [2.75, 3.05) is 26.8 Å². The second-order valence-corrected chi connectivity index (χ2v) is 5.82. The first kappa shape index (κ1) is 16.8. The van der Waals surface area contributed by atoms with Gasteiger partial charge in [-0.15, -0.1) is 0 Å². The molecule has 0 fully saturated rings. The molecule has 5 heteroatoms. The van der Waals surface area contributed by atoms with E-state index >= 15 is 0 Å². The molecule has 122 valence electrons. The summed E-state index contributed by atoms with van der Waals surface area (Å²) in [5, 5.41) is 15.2. The van der Waals surface area contributed by atoms with Crippen molar-refractivity contribution in [1.82, 2.24) is 10.6 Å². The first-order valence-corrected chi connectivity index (χ1v) is 7.97. The summed E-state index contributed by atoms with van der Waals surface area (Å²) in [6, 6.07) is 8.31. The van der Waals surface area contributed by atoms with Crippen molar-refractivity contribution in [3.05, 3.63) is 35.4 Å². The minimum Gasteiger partial charge on any atom is -0.391 e. The lowest BCUT2D eigenvalue weighted by Crippen LogP contribution is -2.39. The van der Waals surface area contributed by atoms with Crippen molar-refractivity contribution in [3.8, 4) is 0 Å². The van der Waals surface area contributed by atoms with Crippen molar-refractivity contribution >= 4 is 6.03 Å². The number of hydrogen-bond acceptors (Lipinski definition) is 3. The molecule has 1 aromatic carbocycles. The van der Waals surface area contributed by atoms with Crippen molar-refractivity contribution in [2.45, 2.75) is 37.7 Å². The molecule has 1 aromatic rings. The van der Waals surface area contributed by atoms with E-state index in [2.05, 4.69) is 34.9 Å². The number of rotatable bonds is 7. The Morgan fingerprint density at radius 2 is 2.23 bits per heavy atom. The Hall–Kier alpha value is -1.59. The van der Waals surface area contributed by atoms with Crippen LogP contribution in [-0.2, 0) is 11.2 Å². The molecule has 5 nitrogen and oxygen atoms in total. The van der Waals surface area contributed by atoms with Crippen molar-refractivity contribution < 1.29 is 14.6 Å². The lowest BCUT2D eigenvalue weighted by Gasteiger charge is -2.25. The average Bonchev–Trinajstić information content (AvgIpc) is 2.53. The molecule has 1 aliphatic carbocycles. The molecule has 0 heterocycles. The van der Waals surface area contributed by atoms with Gasteiger partial charge in [0.2, 0.25) is 0 Å². The number of ether oxygens (including phenoxy) is 1. The van der Waals surface area contributed by atoms with Crippen LogP contribution in [0.4, 0.5) is 4.79 Å². The molecule has 2 unspecified atom stereocenters. The van der Waals surface area contributed by atoms with Crippen LogP contribution in [0.25, 0.3) is 0 Å². The zero-order valence-corrected chi connectivity index (χ0v) is 13.2. The summed E-state index contributed by atoms with van der Waals surface area (Å²) in [5.74, 6) is 0.398. The second kappa shape index (κ2) is 8.76. The summed E-state index contributed by atoms with van der Waals surface area (Å²) in [6.45, 7) is 1.39. The number of benzene rings is 1. The van der Waals surface area contributed by atoms with Crippen LogP contribution >= 0.6 is 0 Å². The highest BCUT2D eigenvalue weighted by atomic mass is 16.5. The van der Waals surface area contributed by atoms with Crippen LogP contribution in [0.2, 0.25) is 0 Å². The average molecular weight is 306 g/mol. The largest absolute Gasteiger partial charge is 0.391 e. The molecule has 1 aliphatic rings. The summed E-state index contributed by atoms with van der Waals surface area (Å²) >= 11 is 0. The molecule has 22 heavy (non-hydrogen) atoms. The Bertz CT molecular complexity index is 479. The summed E-state index contributed by atoms with van der Waals surface area (Å²) < 4.78 is 4.84. The molecule has 3 N–H and O–H groups in total. The Morgan fingerprint density at radius 1 is 1.41 bits per heavy atom. The van der Waals surface area contributed by atoms with E-state index in [1.54, 1.807) is 7.11 Å². The van der Waals surface area contributed by atoms with Gasteiger partial charge in [0.1, 0.15) is 0 Å². The fourth-order valence-corrected chi connectivity index (χ4v) is 2.97. The zero-order chi connectivity index (χ0) is 15.8. The van der Waals surface area contributed by atoms with Gasteiger partial charge < -0.3 is 20.5 Å². The number of methoxy groups -OCH3 is 1. The molecule has 0 saturated heterocycles. The quantitative estimate of drug-likeness (QED) is 0.719. The molecule has 2 rings (SSSR count). The van der Waals surface area contributed by atoms with Crippen molar-refractivity contribution in [2.24, 2.45) is 0 Å². The Labute approximate surface area is 132 Å². The van der Waals surface area contributed by atoms with Gasteiger partial charge in [0, 0.05) is 26.1 Å². The number of aliphatic hydroxyl groups is 1. The van der Waals surface area contributed by atoms with Gasteiger partial charge >= 0.3 is 6.03 Å². The maximum atomic E-state index is 11.8. The molecule has 0 spiro atoms. The molecule has 2 atom stereocenters. The van der Waals surface area contributed by atoms with E-state index in [0.717, 1.165) is 12.8 Å². The molecule has 0 saturated carbocycles. The summed E-state index contributed by atoms with van der Waals surface area (Å²) in [7, 11) is 1.55. The van der Waals surface area contributed by atoms with Gasteiger partial charge in [-0.1, -0.05) is 24.3 Å². The molecular weight excluding hydrogens is 280 g/mol. The third-order valence-electron chi connectivity index (χ3n) is 4.12. The van der Waals surface area contributed by atoms with Gasteiger partial charge in [-0.3, -0.25) is 0 Å². The summed E-state index contributed by atoms with van der Waals surface area (Å²) in [4.78, 5) is 11.8. The molecular formula is C17H26N2O3. The number of hydrogen-bond donors (Lipinski definition) is 3. The van der Waals surface area contributed by atoms with Crippen LogP contribution in [0.3, 0.4) is 0 Å². The zero-order valence-electron chi connectivity index (χ0n) is 13.2. The fourth-order valence-electron chi connectivity index (χ4n) is 2.97. The SMILES string of the molecule is COCC(O)CCNC(=O)NCC1CCCc2ccccc21. The number of aryl methyl sites for hydroxylation is 1. The predicted octanol–water partition coefficient (Wildman–Crippen LogP) is 1.80. The topological polar surface area (TPSA) is 70.6 Å². The van der Waals surface area contributed by atoms with Gasteiger partial charge in [0.15, 0.2) is 0 Å². The molecule has 2 amide bonds. The highest BCUT2D eigenvalue weighted by Gasteiger charge is 2.20. The Morgan fingerprint density at radius 3 is 3.05 bits per heavy atom. The molecule has 0 bridgehead atoms. The maximum Gasteiger partial charge on any atom is 0.314 e. The lowest BCUT2D eigenvalue weighted by atomic mass is 9.83. The van der Waals surface area contributed by atoms with Gasteiger partial charge in [-0.05, 0) is 36.8 Å². The van der Waals surface area contributed by atoms with Crippen LogP contribution < -0.4 is 10.6 Å².